The van der Waals surface area contributed by atoms with E-state index in [-0.39, 0.29) is 12.3 Å². The van der Waals surface area contributed by atoms with E-state index in [1.807, 2.05) is 38.0 Å². The molecule has 2 heterocycles. The third kappa shape index (κ3) is 2.80. The van der Waals surface area contributed by atoms with Gasteiger partial charge in [-0.25, -0.2) is 0 Å². The van der Waals surface area contributed by atoms with Crippen molar-refractivity contribution in [1.29, 1.82) is 0 Å². The second kappa shape index (κ2) is 5.65. The maximum atomic E-state index is 6.16. The van der Waals surface area contributed by atoms with Gasteiger partial charge in [-0.05, 0) is 38.5 Å². The Labute approximate surface area is 112 Å². The van der Waals surface area contributed by atoms with Crippen molar-refractivity contribution in [1.82, 2.24) is 14.7 Å². The third-order valence-corrected chi connectivity index (χ3v) is 3.90. The molecular weight excluding hydrogens is 246 g/mol. The lowest BCUT2D eigenvalue weighted by molar-refractivity contribution is -0.0578. The maximum Gasteiger partial charge on any atom is 0.135 e. The van der Waals surface area contributed by atoms with Crippen molar-refractivity contribution < 1.29 is 4.74 Å². The predicted octanol–water partition coefficient (Wildman–Crippen LogP) is 2.50. The number of aromatic nitrogens is 2. The van der Waals surface area contributed by atoms with Crippen LogP contribution in [0.25, 0.3) is 0 Å². The zero-order valence-electron chi connectivity index (χ0n) is 11.2. The van der Waals surface area contributed by atoms with Crippen molar-refractivity contribution in [2.75, 3.05) is 14.1 Å². The summed E-state index contributed by atoms with van der Waals surface area (Å²) in [5.74, 6) is 0. The van der Waals surface area contributed by atoms with Crippen LogP contribution in [-0.4, -0.2) is 35.0 Å². The highest BCUT2D eigenvalue weighted by atomic mass is 32.1. The first-order chi connectivity index (χ1) is 8.59. The summed E-state index contributed by atoms with van der Waals surface area (Å²) in [6.45, 7) is 2.05. The summed E-state index contributed by atoms with van der Waals surface area (Å²) in [5, 5.41) is 6.30. The molecule has 0 aliphatic rings. The fourth-order valence-electron chi connectivity index (χ4n) is 1.68. The van der Waals surface area contributed by atoms with Crippen molar-refractivity contribution >= 4 is 11.3 Å². The number of nitrogens with zero attached hydrogens (tertiary/aromatic N) is 3. The largest absolute Gasteiger partial charge is 0.348 e. The van der Waals surface area contributed by atoms with Gasteiger partial charge in [0.25, 0.3) is 0 Å². The molecule has 0 N–H and O–H groups in total. The van der Waals surface area contributed by atoms with Gasteiger partial charge in [0.15, 0.2) is 0 Å². The first kappa shape index (κ1) is 13.3. The van der Waals surface area contributed by atoms with E-state index in [1.54, 1.807) is 17.5 Å². The molecule has 18 heavy (non-hydrogen) atoms. The van der Waals surface area contributed by atoms with E-state index in [0.717, 1.165) is 5.69 Å². The topological polar surface area (TPSA) is 30.3 Å². The third-order valence-electron chi connectivity index (χ3n) is 2.99. The zero-order valence-corrected chi connectivity index (χ0v) is 12.0. The van der Waals surface area contributed by atoms with Crippen LogP contribution < -0.4 is 0 Å². The molecule has 0 aliphatic heterocycles. The molecule has 5 heteroatoms. The number of rotatable bonds is 5. The molecular formula is C13H19N3OS. The molecule has 4 nitrogen and oxygen atoms in total. The van der Waals surface area contributed by atoms with Crippen LogP contribution >= 0.6 is 11.3 Å². The molecule has 98 valence electrons. The van der Waals surface area contributed by atoms with E-state index < -0.39 is 0 Å². The van der Waals surface area contributed by atoms with Crippen LogP contribution in [0.4, 0.5) is 0 Å². The van der Waals surface area contributed by atoms with Crippen LogP contribution in [0.5, 0.6) is 0 Å². The molecule has 2 aromatic rings. The van der Waals surface area contributed by atoms with Crippen LogP contribution in [0.1, 0.15) is 23.6 Å². The summed E-state index contributed by atoms with van der Waals surface area (Å²) in [4.78, 5) is 3.25. The molecule has 2 aromatic heterocycles. The number of aryl methyl sites for hydroxylation is 1. The highest BCUT2D eigenvalue weighted by molar-refractivity contribution is 7.10. The van der Waals surface area contributed by atoms with Gasteiger partial charge in [0.1, 0.15) is 12.3 Å². The maximum absolute atomic E-state index is 6.16. The summed E-state index contributed by atoms with van der Waals surface area (Å²) in [6.07, 6.45) is 1.79. The minimum absolute atomic E-state index is 0.0481. The quantitative estimate of drug-likeness (QED) is 0.778. The molecule has 0 radical (unpaired) electrons. The zero-order chi connectivity index (χ0) is 13.1. The highest BCUT2D eigenvalue weighted by Gasteiger charge is 2.22. The lowest BCUT2D eigenvalue weighted by Crippen LogP contribution is -2.29. The van der Waals surface area contributed by atoms with Crippen molar-refractivity contribution in [3.8, 4) is 0 Å². The number of thiophene rings is 1. The lowest BCUT2D eigenvalue weighted by atomic mass is 10.2. The van der Waals surface area contributed by atoms with E-state index in [1.165, 1.54) is 4.88 Å². The summed E-state index contributed by atoms with van der Waals surface area (Å²) < 4.78 is 8.02. The minimum Gasteiger partial charge on any atom is -0.348 e. The Balaban J connectivity index is 2.27. The molecule has 0 bridgehead atoms. The number of ether oxygens (including phenoxy) is 1. The summed E-state index contributed by atoms with van der Waals surface area (Å²) in [7, 11) is 5.97. The van der Waals surface area contributed by atoms with Crippen LogP contribution in [0.2, 0.25) is 0 Å². The van der Waals surface area contributed by atoms with Gasteiger partial charge < -0.3 is 4.74 Å². The normalized spacial score (nSPS) is 14.9. The van der Waals surface area contributed by atoms with Gasteiger partial charge in [0, 0.05) is 18.1 Å². The van der Waals surface area contributed by atoms with Gasteiger partial charge in [-0.15, -0.1) is 11.3 Å². The average Bonchev–Trinajstić information content (AvgIpc) is 2.96. The van der Waals surface area contributed by atoms with Crippen molar-refractivity contribution in [3.63, 3.8) is 0 Å². The van der Waals surface area contributed by atoms with E-state index in [0.29, 0.717) is 0 Å². The van der Waals surface area contributed by atoms with Gasteiger partial charge in [0.05, 0.1) is 5.69 Å². The summed E-state index contributed by atoms with van der Waals surface area (Å²) >= 11 is 1.71. The second-order valence-corrected chi connectivity index (χ2v) is 5.45. The summed E-state index contributed by atoms with van der Waals surface area (Å²) in [5.41, 5.74) is 1.08. The molecule has 0 fully saturated rings. The van der Waals surface area contributed by atoms with E-state index >= 15 is 0 Å². The monoisotopic (exact) mass is 265 g/mol. The predicted molar refractivity (Wildman–Crippen MR) is 73.6 cm³/mol. The van der Waals surface area contributed by atoms with Crippen LogP contribution in [-0.2, 0) is 11.8 Å². The van der Waals surface area contributed by atoms with Gasteiger partial charge in [-0.3, -0.25) is 9.58 Å². The Morgan fingerprint density at radius 2 is 2.17 bits per heavy atom. The van der Waals surface area contributed by atoms with Gasteiger partial charge in [-0.1, -0.05) is 6.07 Å². The smallest absolute Gasteiger partial charge is 0.135 e. The number of hydrogen-bond donors (Lipinski definition) is 0. The Morgan fingerprint density at radius 1 is 1.39 bits per heavy atom. The Bertz CT molecular complexity index is 478. The molecule has 2 unspecified atom stereocenters. The standard InChI is InChI=1S/C13H19N3OS/c1-10(15(2)3)17-13(12-6-5-9-18-12)11-7-8-14-16(11)4/h5-10,13H,1-4H3. The molecule has 0 amide bonds. The van der Waals surface area contributed by atoms with Gasteiger partial charge in [-0.2, -0.15) is 5.10 Å². The van der Waals surface area contributed by atoms with Crippen LogP contribution in [0.15, 0.2) is 29.8 Å². The summed E-state index contributed by atoms with van der Waals surface area (Å²) in [6, 6.07) is 6.16. The van der Waals surface area contributed by atoms with Crippen LogP contribution in [0, 0.1) is 0 Å². The lowest BCUT2D eigenvalue weighted by Gasteiger charge is -2.26. The minimum atomic E-state index is -0.0603. The average molecular weight is 265 g/mol. The first-order valence-electron chi connectivity index (χ1n) is 5.92. The molecule has 0 saturated heterocycles. The Hall–Kier alpha value is -1.17. The van der Waals surface area contributed by atoms with E-state index in [4.69, 9.17) is 4.74 Å². The molecule has 2 rings (SSSR count). The Morgan fingerprint density at radius 3 is 2.67 bits per heavy atom. The molecule has 0 aliphatic carbocycles. The SMILES string of the molecule is CC(OC(c1cccs1)c1ccnn1C)N(C)C. The second-order valence-electron chi connectivity index (χ2n) is 4.47. The van der Waals surface area contributed by atoms with Crippen LogP contribution in [0.3, 0.4) is 0 Å². The molecule has 0 aromatic carbocycles. The first-order valence-corrected chi connectivity index (χ1v) is 6.80. The Kier molecular flexibility index (Phi) is 4.16. The van der Waals surface area contributed by atoms with Gasteiger partial charge >= 0.3 is 0 Å². The van der Waals surface area contributed by atoms with Crippen molar-refractivity contribution in [3.05, 3.63) is 40.3 Å². The van der Waals surface area contributed by atoms with E-state index in [2.05, 4.69) is 28.4 Å². The van der Waals surface area contributed by atoms with Crippen molar-refractivity contribution in [2.24, 2.45) is 7.05 Å². The highest BCUT2D eigenvalue weighted by Crippen LogP contribution is 2.30. The number of hydrogen-bond acceptors (Lipinski definition) is 4. The molecule has 0 saturated carbocycles. The van der Waals surface area contributed by atoms with Gasteiger partial charge in [0.2, 0.25) is 0 Å². The molecule has 2 atom stereocenters. The molecule has 0 spiro atoms. The van der Waals surface area contributed by atoms with E-state index in [9.17, 15) is 0 Å². The fourth-order valence-corrected chi connectivity index (χ4v) is 2.45. The fraction of sp³-hybridized carbons (Fsp3) is 0.462. The van der Waals surface area contributed by atoms with Crippen molar-refractivity contribution in [2.45, 2.75) is 19.3 Å².